The van der Waals surface area contributed by atoms with Gasteiger partial charge in [0, 0.05) is 128 Å². The van der Waals surface area contributed by atoms with Crippen molar-refractivity contribution in [1.82, 2.24) is 44.1 Å². The van der Waals surface area contributed by atoms with E-state index in [4.69, 9.17) is 9.47 Å². The number of amides is 2. The van der Waals surface area contributed by atoms with Gasteiger partial charge < -0.3 is 33.6 Å². The molecular weight excluding hydrogens is 783 g/mol. The first-order chi connectivity index (χ1) is 30.3. The van der Waals surface area contributed by atoms with E-state index in [1.807, 2.05) is 76.9 Å². The predicted molar refractivity (Wildman–Crippen MR) is 239 cm³/mol. The molecule has 6 heterocycles. The lowest BCUT2D eigenvalue weighted by Gasteiger charge is -2.37. The van der Waals surface area contributed by atoms with Gasteiger partial charge in [-0.15, -0.1) is 0 Å². The molecule has 2 saturated heterocycles. The quantitative estimate of drug-likeness (QED) is 0.166. The Bertz CT molecular complexity index is 2610. The number of fused-ring (bicyclic) bond motifs is 1. The summed E-state index contributed by atoms with van der Waals surface area (Å²) in [4.78, 5) is 51.2. The number of para-hydroxylation sites is 3. The van der Waals surface area contributed by atoms with Crippen LogP contribution >= 0.6 is 0 Å². The van der Waals surface area contributed by atoms with Gasteiger partial charge in [0.1, 0.15) is 13.1 Å². The number of anilines is 2. The van der Waals surface area contributed by atoms with Crippen molar-refractivity contribution >= 4 is 34.1 Å². The second kappa shape index (κ2) is 19.0. The molecule has 0 unspecified atom stereocenters. The Morgan fingerprint density at radius 1 is 0.581 bits per heavy atom. The smallest absolute Gasteiger partial charge is 0.316 e. The Morgan fingerprint density at radius 2 is 1.05 bits per heavy atom. The van der Waals surface area contributed by atoms with Crippen LogP contribution < -0.4 is 19.3 Å². The topological polar surface area (TPSA) is 140 Å². The van der Waals surface area contributed by atoms with Gasteiger partial charge in [0.15, 0.2) is 0 Å². The Balaban J connectivity index is 0.000000171. The molecule has 4 aromatic heterocycles. The molecule has 0 spiro atoms. The van der Waals surface area contributed by atoms with Crippen LogP contribution in [0.25, 0.3) is 33.2 Å². The van der Waals surface area contributed by atoms with E-state index in [-0.39, 0.29) is 11.8 Å². The number of piperazine rings is 2. The zero-order chi connectivity index (χ0) is 43.0. The van der Waals surface area contributed by atoms with E-state index < -0.39 is 0 Å². The molecule has 3 aromatic carbocycles. The van der Waals surface area contributed by atoms with Gasteiger partial charge in [-0.1, -0.05) is 54.6 Å². The zero-order valence-electron chi connectivity index (χ0n) is 35.6. The van der Waals surface area contributed by atoms with Crippen LogP contribution in [0.4, 0.5) is 11.4 Å². The van der Waals surface area contributed by atoms with Crippen molar-refractivity contribution in [3.05, 3.63) is 127 Å². The molecule has 2 aliphatic rings. The Hall–Kier alpha value is -7.29. The van der Waals surface area contributed by atoms with E-state index in [2.05, 4.69) is 77.3 Å². The molecule has 62 heavy (non-hydrogen) atoms. The first-order valence-electron chi connectivity index (χ1n) is 20.8. The van der Waals surface area contributed by atoms with Gasteiger partial charge in [-0.25, -0.2) is 19.9 Å². The monoisotopic (exact) mass is 833 g/mol. The fourth-order valence-corrected chi connectivity index (χ4v) is 8.09. The third-order valence-corrected chi connectivity index (χ3v) is 11.4. The van der Waals surface area contributed by atoms with E-state index in [1.54, 1.807) is 43.7 Å². The van der Waals surface area contributed by atoms with Crippen LogP contribution in [0, 0.1) is 13.8 Å². The van der Waals surface area contributed by atoms with Crippen LogP contribution in [-0.2, 0) is 22.7 Å². The normalized spacial score (nSPS) is 14.1. The van der Waals surface area contributed by atoms with E-state index in [1.165, 1.54) is 0 Å². The largest absolute Gasteiger partial charge is 0.467 e. The molecule has 0 saturated carbocycles. The van der Waals surface area contributed by atoms with Crippen molar-refractivity contribution in [2.45, 2.75) is 26.9 Å². The van der Waals surface area contributed by atoms with Crippen molar-refractivity contribution in [1.29, 1.82) is 0 Å². The summed E-state index contributed by atoms with van der Waals surface area (Å²) >= 11 is 0. The number of ether oxygens (including phenoxy) is 2. The molecule has 0 atom stereocenters. The highest BCUT2D eigenvalue weighted by Gasteiger charge is 2.25. The molecule has 15 heteroatoms. The summed E-state index contributed by atoms with van der Waals surface area (Å²) in [7, 11) is 3.11. The molecule has 0 aliphatic carbocycles. The minimum absolute atomic E-state index is 0.109. The summed E-state index contributed by atoms with van der Waals surface area (Å²) < 4.78 is 13.9. The molecule has 9 rings (SSSR count). The van der Waals surface area contributed by atoms with Crippen molar-refractivity contribution in [3.8, 4) is 34.3 Å². The highest BCUT2D eigenvalue weighted by Crippen LogP contribution is 2.32. The third-order valence-electron chi connectivity index (χ3n) is 11.4. The lowest BCUT2D eigenvalue weighted by Crippen LogP contribution is -2.49. The maximum atomic E-state index is 13.0. The molecule has 0 N–H and O–H groups in total. The maximum absolute atomic E-state index is 13.0. The number of nitrogens with zero attached hydrogens (tertiary/aromatic N) is 11. The van der Waals surface area contributed by atoms with E-state index in [9.17, 15) is 9.59 Å². The molecule has 318 valence electrons. The van der Waals surface area contributed by atoms with Gasteiger partial charge in [-0.05, 0) is 49.6 Å². The van der Waals surface area contributed by atoms with Crippen molar-refractivity contribution in [2.75, 3.05) is 76.4 Å². The van der Waals surface area contributed by atoms with Crippen LogP contribution in [0.5, 0.6) is 12.0 Å². The standard InChI is InChI=1S/C25H25N5O2.C22H26N6O2/c1-32-25-26-16-20(17-27-25)21-7-3-5-9-23(21)28-12-14-29(15-13-28)24(31)18-30-11-10-19-6-2-4-8-22(19)30;1-16-12-17(2)28(25-16)15-21(29)27-10-8-26(9-11-27)20-7-5-4-6-19(20)18-13-23-22(30-3)24-14-18/h2-11,16-17H,12-15,18H2,1H3;4-7,12-14H,8-11,15H2,1-3H3. The van der Waals surface area contributed by atoms with Crippen molar-refractivity contribution in [2.24, 2.45) is 0 Å². The molecule has 0 radical (unpaired) electrons. The van der Waals surface area contributed by atoms with E-state index in [0.29, 0.717) is 51.3 Å². The highest BCUT2D eigenvalue weighted by atomic mass is 16.5. The van der Waals surface area contributed by atoms with Gasteiger partial charge in [0.25, 0.3) is 0 Å². The average molecular weight is 834 g/mol. The SMILES string of the molecule is COc1ncc(-c2ccccc2N2CCN(C(=O)Cn3ccc4ccccc43)CC2)cn1.COc1ncc(-c2ccccc2N2CCN(C(=O)Cn3nc(C)cc3C)CC2)cn1. The fourth-order valence-electron chi connectivity index (χ4n) is 8.09. The summed E-state index contributed by atoms with van der Waals surface area (Å²) in [5, 5.41) is 5.56. The van der Waals surface area contributed by atoms with Gasteiger partial charge in [-0.3, -0.25) is 14.3 Å². The number of benzene rings is 3. The van der Waals surface area contributed by atoms with Gasteiger partial charge in [0.05, 0.1) is 19.9 Å². The van der Waals surface area contributed by atoms with Crippen LogP contribution in [0.3, 0.4) is 0 Å². The summed E-state index contributed by atoms with van der Waals surface area (Å²) in [5.41, 5.74) is 9.32. The number of aromatic nitrogens is 7. The zero-order valence-corrected chi connectivity index (χ0v) is 35.6. The Kier molecular flexibility index (Phi) is 12.7. The number of hydrogen-bond acceptors (Lipinski definition) is 11. The van der Waals surface area contributed by atoms with Crippen LogP contribution in [0.15, 0.2) is 116 Å². The summed E-state index contributed by atoms with van der Waals surface area (Å²) in [6.45, 7) is 10.5. The van der Waals surface area contributed by atoms with Crippen LogP contribution in [-0.4, -0.2) is 122 Å². The van der Waals surface area contributed by atoms with Crippen molar-refractivity contribution < 1.29 is 19.1 Å². The Labute approximate surface area is 361 Å². The highest BCUT2D eigenvalue weighted by molar-refractivity contribution is 5.84. The molecule has 2 fully saturated rings. The second-order valence-electron chi connectivity index (χ2n) is 15.3. The number of rotatable bonds is 10. The van der Waals surface area contributed by atoms with Crippen molar-refractivity contribution in [3.63, 3.8) is 0 Å². The second-order valence-corrected chi connectivity index (χ2v) is 15.3. The maximum Gasteiger partial charge on any atom is 0.316 e. The number of carbonyl (C=O) groups excluding carboxylic acids is 2. The molecule has 7 aromatic rings. The molecule has 2 amide bonds. The predicted octanol–water partition coefficient (Wildman–Crippen LogP) is 5.77. The molecule has 15 nitrogen and oxygen atoms in total. The number of hydrogen-bond donors (Lipinski definition) is 0. The minimum Gasteiger partial charge on any atom is -0.467 e. The number of carbonyl (C=O) groups is 2. The van der Waals surface area contributed by atoms with E-state index >= 15 is 0 Å². The van der Waals surface area contributed by atoms with Crippen LogP contribution in [0.2, 0.25) is 0 Å². The first-order valence-corrected chi connectivity index (χ1v) is 20.8. The van der Waals surface area contributed by atoms with Gasteiger partial charge in [0.2, 0.25) is 11.8 Å². The molecule has 0 bridgehead atoms. The summed E-state index contributed by atoms with van der Waals surface area (Å²) in [6, 6.07) is 29.4. The summed E-state index contributed by atoms with van der Waals surface area (Å²) in [5.74, 6) is 0.264. The molecule has 2 aliphatic heterocycles. The number of methoxy groups -OCH3 is 2. The van der Waals surface area contributed by atoms with Gasteiger partial charge in [-0.2, -0.15) is 5.10 Å². The Morgan fingerprint density at radius 3 is 1.53 bits per heavy atom. The fraction of sp³-hybridized carbons (Fsp3) is 0.298. The molecular formula is C47H51N11O4. The first kappa shape index (κ1) is 41.4. The average Bonchev–Trinajstić information content (AvgIpc) is 3.89. The third kappa shape index (κ3) is 9.36. The van der Waals surface area contributed by atoms with Crippen LogP contribution in [0.1, 0.15) is 11.4 Å². The minimum atomic E-state index is 0.109. The van der Waals surface area contributed by atoms with Gasteiger partial charge >= 0.3 is 12.0 Å². The summed E-state index contributed by atoms with van der Waals surface area (Å²) in [6.07, 6.45) is 9.11. The number of aryl methyl sites for hydroxylation is 2. The lowest BCUT2D eigenvalue weighted by atomic mass is 10.1. The lowest BCUT2D eigenvalue weighted by molar-refractivity contribution is -0.133. The van der Waals surface area contributed by atoms with E-state index in [0.717, 1.165) is 82.1 Å².